The quantitative estimate of drug-likeness (QED) is 0.760. The van der Waals surface area contributed by atoms with Crippen molar-refractivity contribution < 1.29 is 4.79 Å². The van der Waals surface area contributed by atoms with Crippen LogP contribution in [-0.4, -0.2) is 17.4 Å². The number of unbranched alkanes of at least 4 members (excludes halogenated alkanes) is 1. The summed E-state index contributed by atoms with van der Waals surface area (Å²) in [6.07, 6.45) is 3.67. The van der Waals surface area contributed by atoms with E-state index in [0.29, 0.717) is 12.1 Å². The normalized spacial score (nSPS) is 11.2. The van der Waals surface area contributed by atoms with Crippen LogP contribution < -0.4 is 10.6 Å². The number of rotatable bonds is 6. The Hall–Kier alpha value is -2.36. The number of aromatic nitrogens is 1. The first-order valence-electron chi connectivity index (χ1n) is 8.52. The zero-order chi connectivity index (χ0) is 17.6. The van der Waals surface area contributed by atoms with E-state index < -0.39 is 0 Å². The van der Waals surface area contributed by atoms with Crippen molar-refractivity contribution in [3.05, 3.63) is 53.7 Å². The van der Waals surface area contributed by atoms with Gasteiger partial charge in [0, 0.05) is 18.4 Å². The van der Waals surface area contributed by atoms with Crippen LogP contribution in [0.4, 0.5) is 11.5 Å². The van der Waals surface area contributed by atoms with Crippen LogP contribution >= 0.6 is 0 Å². The largest absolute Gasteiger partial charge is 0.352 e. The third-order valence-corrected chi connectivity index (χ3v) is 3.84. The molecular weight excluding hydrogens is 298 g/mol. The summed E-state index contributed by atoms with van der Waals surface area (Å²) < 4.78 is 0. The molecule has 2 N–H and O–H groups in total. The number of carbonyl (C=O) groups is 1. The molecule has 0 aliphatic carbocycles. The lowest BCUT2D eigenvalue weighted by atomic mass is 9.86. The van der Waals surface area contributed by atoms with Crippen molar-refractivity contribution in [1.29, 1.82) is 0 Å². The molecule has 2 aromatic rings. The predicted octanol–water partition coefficient (Wildman–Crippen LogP) is 4.65. The third kappa shape index (κ3) is 4.82. The van der Waals surface area contributed by atoms with Gasteiger partial charge in [0.15, 0.2) is 0 Å². The number of pyridine rings is 1. The molecule has 0 aliphatic heterocycles. The smallest absolute Gasteiger partial charge is 0.252 e. The van der Waals surface area contributed by atoms with Crippen molar-refractivity contribution in [3.63, 3.8) is 0 Å². The van der Waals surface area contributed by atoms with Crippen molar-refractivity contribution in [1.82, 2.24) is 10.3 Å². The highest BCUT2D eigenvalue weighted by molar-refractivity contribution is 5.94. The Morgan fingerprint density at radius 2 is 1.88 bits per heavy atom. The van der Waals surface area contributed by atoms with Gasteiger partial charge in [0.1, 0.15) is 5.82 Å². The summed E-state index contributed by atoms with van der Waals surface area (Å²) in [6, 6.07) is 11.9. The van der Waals surface area contributed by atoms with Gasteiger partial charge in [0.05, 0.1) is 5.56 Å². The second-order valence-electron chi connectivity index (χ2n) is 6.96. The van der Waals surface area contributed by atoms with E-state index in [1.54, 1.807) is 12.3 Å². The molecule has 0 atom stereocenters. The summed E-state index contributed by atoms with van der Waals surface area (Å²) >= 11 is 0. The summed E-state index contributed by atoms with van der Waals surface area (Å²) in [5, 5.41) is 6.25. The van der Waals surface area contributed by atoms with Gasteiger partial charge in [0.25, 0.3) is 5.91 Å². The maximum Gasteiger partial charge on any atom is 0.252 e. The fraction of sp³-hybridized carbons (Fsp3) is 0.400. The molecule has 0 bridgehead atoms. The molecule has 0 unspecified atom stereocenters. The topological polar surface area (TPSA) is 54.0 Å². The fourth-order valence-corrected chi connectivity index (χ4v) is 2.47. The first kappa shape index (κ1) is 18.0. The number of carbonyl (C=O) groups excluding carboxylic acids is 1. The van der Waals surface area contributed by atoms with Crippen LogP contribution in [-0.2, 0) is 5.41 Å². The van der Waals surface area contributed by atoms with Crippen LogP contribution in [0.15, 0.2) is 42.6 Å². The molecule has 0 spiro atoms. The van der Waals surface area contributed by atoms with Crippen LogP contribution in [0.3, 0.4) is 0 Å². The number of amides is 1. The minimum Gasteiger partial charge on any atom is -0.352 e. The molecule has 1 amide bonds. The van der Waals surface area contributed by atoms with Crippen LogP contribution in [0.2, 0.25) is 0 Å². The highest BCUT2D eigenvalue weighted by Crippen LogP contribution is 2.30. The number of hydrogen-bond acceptors (Lipinski definition) is 3. The maximum atomic E-state index is 12.0. The van der Waals surface area contributed by atoms with E-state index >= 15 is 0 Å². The lowest BCUT2D eigenvalue weighted by molar-refractivity contribution is 0.0953. The Balaban J connectivity index is 2.09. The summed E-state index contributed by atoms with van der Waals surface area (Å²) in [5.74, 6) is 0.661. The number of anilines is 2. The highest BCUT2D eigenvalue weighted by atomic mass is 16.1. The average Bonchev–Trinajstić information content (AvgIpc) is 2.55. The predicted molar refractivity (Wildman–Crippen MR) is 99.9 cm³/mol. The minimum atomic E-state index is -0.0717. The molecule has 128 valence electrons. The van der Waals surface area contributed by atoms with Crippen molar-refractivity contribution >= 4 is 17.4 Å². The van der Waals surface area contributed by atoms with Gasteiger partial charge in [-0.25, -0.2) is 4.98 Å². The molecule has 1 aromatic heterocycles. The molecule has 1 heterocycles. The van der Waals surface area contributed by atoms with Gasteiger partial charge in [-0.15, -0.1) is 0 Å². The molecule has 0 aliphatic rings. The Labute approximate surface area is 144 Å². The first-order chi connectivity index (χ1) is 11.4. The number of nitrogens with one attached hydrogen (secondary N) is 2. The number of nitrogens with zero attached hydrogens (tertiary/aromatic N) is 1. The molecule has 0 radical (unpaired) electrons. The molecule has 24 heavy (non-hydrogen) atoms. The van der Waals surface area contributed by atoms with Crippen molar-refractivity contribution in [2.45, 2.75) is 46.0 Å². The Kier molecular flexibility index (Phi) is 5.96. The van der Waals surface area contributed by atoms with E-state index in [9.17, 15) is 4.79 Å². The molecule has 0 saturated heterocycles. The molecule has 1 aromatic carbocycles. The average molecular weight is 325 g/mol. The van der Waals surface area contributed by atoms with E-state index in [1.807, 2.05) is 24.3 Å². The van der Waals surface area contributed by atoms with Gasteiger partial charge in [0.2, 0.25) is 0 Å². The SMILES string of the molecule is CCCCNC(=O)c1ccc(Nc2ccccc2C(C)(C)C)nc1. The Bertz CT molecular complexity index is 672. The van der Waals surface area contributed by atoms with Gasteiger partial charge < -0.3 is 10.6 Å². The van der Waals surface area contributed by atoms with Gasteiger partial charge >= 0.3 is 0 Å². The van der Waals surface area contributed by atoms with Crippen molar-refractivity contribution in [3.8, 4) is 0 Å². The van der Waals surface area contributed by atoms with Crippen molar-refractivity contribution in [2.75, 3.05) is 11.9 Å². The van der Waals surface area contributed by atoms with Crippen molar-refractivity contribution in [2.24, 2.45) is 0 Å². The lowest BCUT2D eigenvalue weighted by Gasteiger charge is -2.23. The zero-order valence-corrected chi connectivity index (χ0v) is 15.0. The Morgan fingerprint density at radius 1 is 1.12 bits per heavy atom. The second kappa shape index (κ2) is 7.95. The molecule has 0 saturated carbocycles. The van der Waals surface area contributed by atoms with Gasteiger partial charge in [-0.2, -0.15) is 0 Å². The van der Waals surface area contributed by atoms with Gasteiger partial charge in [-0.3, -0.25) is 4.79 Å². The third-order valence-electron chi connectivity index (χ3n) is 3.84. The zero-order valence-electron chi connectivity index (χ0n) is 15.0. The van der Waals surface area contributed by atoms with E-state index in [2.05, 4.69) is 49.4 Å². The summed E-state index contributed by atoms with van der Waals surface area (Å²) in [6.45, 7) is 9.36. The molecule has 4 nitrogen and oxygen atoms in total. The summed E-state index contributed by atoms with van der Waals surface area (Å²) in [7, 11) is 0. The summed E-state index contributed by atoms with van der Waals surface area (Å²) in [4.78, 5) is 16.4. The number of hydrogen-bond donors (Lipinski definition) is 2. The second-order valence-corrected chi connectivity index (χ2v) is 6.96. The van der Waals surface area contributed by atoms with E-state index in [-0.39, 0.29) is 11.3 Å². The standard InChI is InChI=1S/C20H27N3O/c1-5-6-13-21-19(24)15-11-12-18(22-14-15)23-17-10-8-7-9-16(17)20(2,3)4/h7-12,14H,5-6,13H2,1-4H3,(H,21,24)(H,22,23). The first-order valence-corrected chi connectivity index (χ1v) is 8.52. The van der Waals surface area contributed by atoms with E-state index in [1.165, 1.54) is 5.56 Å². The Morgan fingerprint density at radius 3 is 2.50 bits per heavy atom. The maximum absolute atomic E-state index is 12.0. The van der Waals surface area contributed by atoms with Gasteiger partial charge in [-0.1, -0.05) is 52.3 Å². The van der Waals surface area contributed by atoms with Crippen LogP contribution in [0, 0.1) is 0 Å². The molecule has 0 fully saturated rings. The monoisotopic (exact) mass is 325 g/mol. The van der Waals surface area contributed by atoms with E-state index in [0.717, 1.165) is 24.3 Å². The number of benzene rings is 1. The van der Waals surface area contributed by atoms with Crippen LogP contribution in [0.5, 0.6) is 0 Å². The fourth-order valence-electron chi connectivity index (χ4n) is 2.47. The lowest BCUT2D eigenvalue weighted by Crippen LogP contribution is -2.24. The minimum absolute atomic E-state index is 0.0443. The van der Waals surface area contributed by atoms with Crippen LogP contribution in [0.1, 0.15) is 56.5 Å². The van der Waals surface area contributed by atoms with Gasteiger partial charge in [-0.05, 0) is 35.6 Å². The highest BCUT2D eigenvalue weighted by Gasteiger charge is 2.17. The molecule has 4 heteroatoms. The number of para-hydroxylation sites is 1. The molecular formula is C20H27N3O. The molecule has 2 rings (SSSR count). The van der Waals surface area contributed by atoms with E-state index in [4.69, 9.17) is 0 Å². The summed E-state index contributed by atoms with van der Waals surface area (Å²) in [5.41, 5.74) is 2.90. The van der Waals surface area contributed by atoms with Crippen LogP contribution in [0.25, 0.3) is 0 Å².